The van der Waals surface area contributed by atoms with Gasteiger partial charge in [-0.3, -0.25) is 4.79 Å². The molecule has 1 aromatic heterocycles. The molecule has 0 spiro atoms. The lowest BCUT2D eigenvalue weighted by Crippen LogP contribution is -2.48. The molecule has 1 aromatic carbocycles. The third-order valence-electron chi connectivity index (χ3n) is 3.83. The van der Waals surface area contributed by atoms with Crippen molar-refractivity contribution in [3.05, 3.63) is 41.2 Å². The maximum absolute atomic E-state index is 12.5. The lowest BCUT2D eigenvalue weighted by Gasteiger charge is -2.32. The molecule has 1 fully saturated rings. The quantitative estimate of drug-likeness (QED) is 0.927. The Kier molecular flexibility index (Phi) is 4.29. The minimum atomic E-state index is -0.986. The topological polar surface area (TPSA) is 88.3 Å². The molecule has 3 rings (SSSR count). The van der Waals surface area contributed by atoms with Gasteiger partial charge in [-0.2, -0.15) is 0 Å². The van der Waals surface area contributed by atoms with Gasteiger partial charge in [-0.1, -0.05) is 22.9 Å². The molecule has 1 aliphatic heterocycles. The molecule has 1 atom stereocenters. The van der Waals surface area contributed by atoms with Gasteiger partial charge >= 0.3 is 5.97 Å². The van der Waals surface area contributed by atoms with E-state index in [9.17, 15) is 14.7 Å². The zero-order valence-corrected chi connectivity index (χ0v) is 13.0. The van der Waals surface area contributed by atoms with Crippen LogP contribution in [0, 0.1) is 0 Å². The first-order valence-corrected chi connectivity index (χ1v) is 7.66. The van der Waals surface area contributed by atoms with Crippen molar-refractivity contribution in [2.75, 3.05) is 6.54 Å². The summed E-state index contributed by atoms with van der Waals surface area (Å²) >= 11 is 5.94. The smallest absolute Gasteiger partial charge is 0.326 e. The second-order valence-electron chi connectivity index (χ2n) is 5.38. The number of aromatic nitrogens is 3. The number of carbonyl (C=O) groups excluding carboxylic acids is 1. The minimum Gasteiger partial charge on any atom is -0.480 e. The van der Waals surface area contributed by atoms with Gasteiger partial charge in [0.15, 0.2) is 5.69 Å². The number of aliphatic carboxylic acids is 1. The molecule has 2 heterocycles. The van der Waals surface area contributed by atoms with Crippen molar-refractivity contribution in [1.29, 1.82) is 0 Å². The van der Waals surface area contributed by atoms with Gasteiger partial charge < -0.3 is 10.0 Å². The van der Waals surface area contributed by atoms with E-state index in [1.165, 1.54) is 15.8 Å². The van der Waals surface area contributed by atoms with Crippen LogP contribution in [0.4, 0.5) is 0 Å². The Morgan fingerprint density at radius 3 is 2.87 bits per heavy atom. The fraction of sp³-hybridized carbons (Fsp3) is 0.333. The molecule has 1 N–H and O–H groups in total. The Morgan fingerprint density at radius 1 is 1.30 bits per heavy atom. The van der Waals surface area contributed by atoms with Gasteiger partial charge in [-0.15, -0.1) is 5.10 Å². The third kappa shape index (κ3) is 3.19. The lowest BCUT2D eigenvalue weighted by atomic mass is 10.0. The molecular formula is C15H15ClN4O3. The van der Waals surface area contributed by atoms with Gasteiger partial charge in [0, 0.05) is 11.6 Å². The molecule has 1 aliphatic rings. The van der Waals surface area contributed by atoms with E-state index in [1.807, 2.05) is 0 Å². The van der Waals surface area contributed by atoms with Gasteiger partial charge in [0.2, 0.25) is 0 Å². The molecule has 120 valence electrons. The Hall–Kier alpha value is -2.41. The number of carboxylic acid groups (broad SMARTS) is 1. The molecule has 0 aliphatic carbocycles. The van der Waals surface area contributed by atoms with Gasteiger partial charge in [0.05, 0.1) is 11.9 Å². The zero-order chi connectivity index (χ0) is 16.4. The van der Waals surface area contributed by atoms with Crippen LogP contribution in [-0.2, 0) is 4.79 Å². The van der Waals surface area contributed by atoms with Crippen molar-refractivity contribution < 1.29 is 14.7 Å². The number of nitrogens with zero attached hydrogens (tertiary/aromatic N) is 4. The monoisotopic (exact) mass is 334 g/mol. The molecule has 0 bridgehead atoms. The molecule has 1 unspecified atom stereocenters. The summed E-state index contributed by atoms with van der Waals surface area (Å²) < 4.78 is 1.44. The standard InChI is InChI=1S/C15H15ClN4O3/c16-10-4-3-5-11(8-10)20-9-12(17-18-20)14(21)19-7-2-1-6-13(19)15(22)23/h3-5,8-9,13H,1-2,6-7H2,(H,22,23). The van der Waals surface area contributed by atoms with Crippen LogP contribution in [0.25, 0.3) is 5.69 Å². The van der Waals surface area contributed by atoms with Crippen LogP contribution in [0.1, 0.15) is 29.8 Å². The summed E-state index contributed by atoms with van der Waals surface area (Å²) in [5.41, 5.74) is 0.801. The summed E-state index contributed by atoms with van der Waals surface area (Å²) in [5, 5.41) is 17.6. The predicted octanol–water partition coefficient (Wildman–Crippen LogP) is 2.00. The Labute approximate surface area is 137 Å². The highest BCUT2D eigenvalue weighted by molar-refractivity contribution is 6.30. The molecular weight excluding hydrogens is 320 g/mol. The van der Waals surface area contributed by atoms with Crippen molar-refractivity contribution in [2.45, 2.75) is 25.3 Å². The molecule has 1 amide bonds. The van der Waals surface area contributed by atoms with Crippen LogP contribution in [0.15, 0.2) is 30.5 Å². The van der Waals surface area contributed by atoms with Gasteiger partial charge in [-0.25, -0.2) is 9.48 Å². The average Bonchev–Trinajstić information content (AvgIpc) is 3.04. The second kappa shape index (κ2) is 6.37. The minimum absolute atomic E-state index is 0.123. The highest BCUT2D eigenvalue weighted by atomic mass is 35.5. The van der Waals surface area contributed by atoms with Crippen LogP contribution in [0.3, 0.4) is 0 Å². The molecule has 2 aromatic rings. The fourth-order valence-electron chi connectivity index (χ4n) is 2.69. The second-order valence-corrected chi connectivity index (χ2v) is 5.81. The summed E-state index contributed by atoms with van der Waals surface area (Å²) in [4.78, 5) is 25.2. The molecule has 23 heavy (non-hydrogen) atoms. The SMILES string of the molecule is O=C(O)C1CCCCN1C(=O)c1cn(-c2cccc(Cl)c2)nn1. The first kappa shape index (κ1) is 15.5. The number of likely N-dealkylation sites (tertiary alicyclic amines) is 1. The van der Waals surface area contributed by atoms with E-state index in [4.69, 9.17) is 11.6 Å². The van der Waals surface area contributed by atoms with E-state index < -0.39 is 17.9 Å². The van der Waals surface area contributed by atoms with E-state index in [2.05, 4.69) is 10.3 Å². The lowest BCUT2D eigenvalue weighted by molar-refractivity contribution is -0.143. The summed E-state index contributed by atoms with van der Waals surface area (Å²) in [6, 6.07) is 6.19. The summed E-state index contributed by atoms with van der Waals surface area (Å²) in [6.45, 7) is 0.416. The summed E-state index contributed by atoms with van der Waals surface area (Å²) in [5.74, 6) is -1.40. The number of carbonyl (C=O) groups is 2. The average molecular weight is 335 g/mol. The largest absolute Gasteiger partial charge is 0.480 e. The highest BCUT2D eigenvalue weighted by Crippen LogP contribution is 2.20. The van der Waals surface area contributed by atoms with E-state index >= 15 is 0 Å². The predicted molar refractivity (Wildman–Crippen MR) is 82.7 cm³/mol. The molecule has 8 heteroatoms. The number of carboxylic acids is 1. The number of piperidine rings is 1. The molecule has 0 saturated carbocycles. The number of benzene rings is 1. The van der Waals surface area contributed by atoms with Crippen LogP contribution < -0.4 is 0 Å². The van der Waals surface area contributed by atoms with Crippen LogP contribution in [0.2, 0.25) is 5.02 Å². The number of hydrogen-bond acceptors (Lipinski definition) is 4. The van der Waals surface area contributed by atoms with E-state index in [1.54, 1.807) is 24.3 Å². The van der Waals surface area contributed by atoms with Gasteiger partial charge in [0.25, 0.3) is 5.91 Å². The van der Waals surface area contributed by atoms with Crippen molar-refractivity contribution in [3.8, 4) is 5.69 Å². The highest BCUT2D eigenvalue weighted by Gasteiger charge is 2.33. The first-order valence-electron chi connectivity index (χ1n) is 7.28. The van der Waals surface area contributed by atoms with Crippen LogP contribution in [-0.4, -0.2) is 49.5 Å². The molecule has 1 saturated heterocycles. The maximum Gasteiger partial charge on any atom is 0.326 e. The number of amides is 1. The maximum atomic E-state index is 12.5. The van der Waals surface area contributed by atoms with E-state index in [-0.39, 0.29) is 5.69 Å². The number of rotatable bonds is 3. The molecule has 0 radical (unpaired) electrons. The fourth-order valence-corrected chi connectivity index (χ4v) is 2.87. The van der Waals surface area contributed by atoms with Gasteiger partial charge in [-0.05, 0) is 37.5 Å². The Morgan fingerprint density at radius 2 is 2.13 bits per heavy atom. The normalized spacial score (nSPS) is 18.0. The van der Waals surface area contributed by atoms with Crippen molar-refractivity contribution >= 4 is 23.5 Å². The summed E-state index contributed by atoms with van der Waals surface area (Å²) in [6.07, 6.45) is 3.54. The zero-order valence-electron chi connectivity index (χ0n) is 12.2. The van der Waals surface area contributed by atoms with Crippen molar-refractivity contribution in [1.82, 2.24) is 19.9 Å². The van der Waals surface area contributed by atoms with E-state index in [0.717, 1.165) is 12.8 Å². The Balaban J connectivity index is 1.84. The van der Waals surface area contributed by atoms with E-state index in [0.29, 0.717) is 23.7 Å². The number of halogens is 1. The third-order valence-corrected chi connectivity index (χ3v) is 4.07. The van der Waals surface area contributed by atoms with Crippen molar-refractivity contribution in [2.24, 2.45) is 0 Å². The van der Waals surface area contributed by atoms with Gasteiger partial charge in [0.1, 0.15) is 6.04 Å². The van der Waals surface area contributed by atoms with Crippen molar-refractivity contribution in [3.63, 3.8) is 0 Å². The summed E-state index contributed by atoms with van der Waals surface area (Å²) in [7, 11) is 0. The molecule has 7 nitrogen and oxygen atoms in total. The number of hydrogen-bond donors (Lipinski definition) is 1. The van der Waals surface area contributed by atoms with Crippen LogP contribution in [0.5, 0.6) is 0 Å². The Bertz CT molecular complexity index is 746. The first-order chi connectivity index (χ1) is 11.1. The van der Waals surface area contributed by atoms with Crippen LogP contribution >= 0.6 is 11.6 Å².